The van der Waals surface area contributed by atoms with Crippen LogP contribution >= 0.6 is 0 Å². The first-order chi connectivity index (χ1) is 17.8. The molecule has 6 aromatic carbocycles. The fraction of sp³-hybridized carbons (Fsp3) is 0. The van der Waals surface area contributed by atoms with Crippen molar-refractivity contribution in [2.75, 3.05) is 0 Å². The lowest BCUT2D eigenvalue weighted by atomic mass is 9.97. The molecule has 0 spiro atoms. The quantitative estimate of drug-likeness (QED) is 0.130. The Hall–Kier alpha value is -4.38. The van der Waals surface area contributed by atoms with E-state index in [1.165, 1.54) is 15.6 Å². The Morgan fingerprint density at radius 3 is 1.26 bits per heavy atom. The predicted octanol–water partition coefficient (Wildman–Crippen LogP) is 6.05. The average molecular weight is 462 g/mol. The van der Waals surface area contributed by atoms with Crippen LogP contribution in [0.1, 0.15) is 6.93 Å². The van der Waals surface area contributed by atoms with E-state index in [0.717, 1.165) is 27.1 Å². The van der Waals surface area contributed by atoms with Crippen LogP contribution in [-0.2, 0) is 0 Å². The molecule has 0 unspecified atom stereocenters. The van der Waals surface area contributed by atoms with Gasteiger partial charge in [-0.3, -0.25) is 0 Å². The molecule has 6 rings (SSSR count). The van der Waals surface area contributed by atoms with Gasteiger partial charge in [0, 0.05) is 5.56 Å². The highest BCUT2D eigenvalue weighted by atomic mass is 28.3. The van der Waals surface area contributed by atoms with E-state index in [-0.39, 0.29) is 0 Å². The van der Waals surface area contributed by atoms with E-state index in [1.807, 2.05) is 36.4 Å². The van der Waals surface area contributed by atoms with Gasteiger partial charge in [-0.15, -0.1) is 5.54 Å². The largest absolute Gasteiger partial charge is 0.230 e. The lowest BCUT2D eigenvalue weighted by Crippen LogP contribution is -2.66. The smallest absolute Gasteiger partial charge is 0.109 e. The first-order valence-corrected chi connectivity index (χ1v) is 13.9. The Balaban J connectivity index is 1.74. The molecule has 35 heavy (non-hydrogen) atoms. The van der Waals surface area contributed by atoms with Gasteiger partial charge in [-0.05, 0) is 43.1 Å². The number of hydrogen-bond donors (Lipinski definition) is 0. The minimum Gasteiger partial charge on any atom is -0.109 e. The first-order valence-electron chi connectivity index (χ1n) is 12.4. The maximum atomic E-state index is 8.85. The molecular formula is C34H24Si. The fourth-order valence-electron chi connectivity index (χ4n) is 4.98. The number of benzene rings is 6. The Bertz CT molecular complexity index is 1580. The topological polar surface area (TPSA) is 0 Å². The second-order valence-corrected chi connectivity index (χ2v) is 12.2. The molecule has 0 aliphatic heterocycles. The van der Waals surface area contributed by atoms with Gasteiger partial charge in [0.2, 0.25) is 8.07 Å². The third-order valence-corrected chi connectivity index (χ3v) is 10.8. The molecule has 6 aromatic rings. The van der Waals surface area contributed by atoms with Crippen molar-refractivity contribution in [2.24, 2.45) is 0 Å². The van der Waals surface area contributed by atoms with Gasteiger partial charge < -0.3 is 0 Å². The van der Waals surface area contributed by atoms with Gasteiger partial charge in [0.15, 0.2) is 0 Å². The van der Waals surface area contributed by atoms with Gasteiger partial charge in [0.05, 0.1) is 1.37 Å². The van der Waals surface area contributed by atoms with Gasteiger partial charge in [-0.25, -0.2) is 0 Å². The van der Waals surface area contributed by atoms with Crippen molar-refractivity contribution < 1.29 is 1.37 Å². The summed E-state index contributed by atoms with van der Waals surface area (Å²) < 4.78 is 8.85. The fourth-order valence-corrected chi connectivity index (χ4v) is 8.81. The summed E-state index contributed by atoms with van der Waals surface area (Å²) in [6, 6.07) is 49.2. The SMILES string of the molecule is [2H]c1c2ccccc2c(C#C[Si](c2ccccc2)(c2ccccc2)c2ccccc2)c2ccccc12. The van der Waals surface area contributed by atoms with Crippen LogP contribution in [0.5, 0.6) is 0 Å². The van der Waals surface area contributed by atoms with Crippen molar-refractivity contribution in [3.05, 3.63) is 151 Å². The van der Waals surface area contributed by atoms with Crippen molar-refractivity contribution in [2.45, 2.75) is 0 Å². The molecule has 0 bridgehead atoms. The summed E-state index contributed by atoms with van der Waals surface area (Å²) in [4.78, 5) is 0. The van der Waals surface area contributed by atoms with Crippen molar-refractivity contribution in [1.82, 2.24) is 0 Å². The monoisotopic (exact) mass is 461 g/mol. The second-order valence-electron chi connectivity index (χ2n) is 8.69. The highest BCUT2D eigenvalue weighted by molar-refractivity contribution is 7.16. The summed E-state index contributed by atoms with van der Waals surface area (Å²) >= 11 is 0. The number of hydrogen-bond acceptors (Lipinski definition) is 0. The molecule has 0 saturated heterocycles. The molecule has 0 radical (unpaired) electrons. The standard InChI is InChI=1S/C34H24Si/c1-4-16-29(17-5-1)35(30-18-6-2-7-19-30,31-20-8-3-9-21-31)25-24-34-32-22-12-10-14-27(32)26-28-15-11-13-23-33(28)34/h1-23,26H/i26D. The van der Waals surface area contributed by atoms with Crippen LogP contribution in [0.2, 0.25) is 0 Å². The van der Waals surface area contributed by atoms with Crippen LogP contribution in [0, 0.1) is 11.5 Å². The summed E-state index contributed by atoms with van der Waals surface area (Å²) in [6.45, 7) is 0. The minimum absolute atomic E-state index is 0.560. The molecule has 0 heterocycles. The molecule has 0 saturated carbocycles. The maximum absolute atomic E-state index is 8.85. The van der Waals surface area contributed by atoms with Gasteiger partial charge in [-0.2, -0.15) is 0 Å². The molecule has 0 aliphatic carbocycles. The zero-order valence-corrected chi connectivity index (χ0v) is 20.3. The van der Waals surface area contributed by atoms with E-state index < -0.39 is 8.07 Å². The lowest BCUT2D eigenvalue weighted by Gasteiger charge is -2.28. The van der Waals surface area contributed by atoms with Crippen LogP contribution in [0.15, 0.2) is 146 Å². The third kappa shape index (κ3) is 3.75. The molecule has 0 N–H and O–H groups in total. The third-order valence-electron chi connectivity index (χ3n) is 6.66. The van der Waals surface area contributed by atoms with Crippen LogP contribution in [0.25, 0.3) is 21.5 Å². The first kappa shape index (κ1) is 20.0. The van der Waals surface area contributed by atoms with Crippen LogP contribution < -0.4 is 15.6 Å². The van der Waals surface area contributed by atoms with Gasteiger partial charge in [-0.1, -0.05) is 145 Å². The summed E-state index contributed by atoms with van der Waals surface area (Å²) in [5, 5.41) is 7.73. The van der Waals surface area contributed by atoms with E-state index in [0.29, 0.717) is 6.04 Å². The molecule has 0 atom stereocenters. The maximum Gasteiger partial charge on any atom is 0.230 e. The Labute approximate surface area is 208 Å². The van der Waals surface area contributed by atoms with Crippen molar-refractivity contribution >= 4 is 45.2 Å². The van der Waals surface area contributed by atoms with Crippen molar-refractivity contribution in [3.8, 4) is 11.5 Å². The van der Waals surface area contributed by atoms with Crippen LogP contribution in [0.4, 0.5) is 0 Å². The highest BCUT2D eigenvalue weighted by Gasteiger charge is 2.38. The molecule has 0 aliphatic rings. The number of fused-ring (bicyclic) bond motifs is 2. The van der Waals surface area contributed by atoms with E-state index in [2.05, 4.69) is 115 Å². The molecule has 1 heteroatoms. The average Bonchev–Trinajstić information content (AvgIpc) is 2.96. The van der Waals surface area contributed by atoms with Gasteiger partial charge >= 0.3 is 0 Å². The molecule has 0 amide bonds. The molecular weight excluding hydrogens is 436 g/mol. The zero-order chi connectivity index (χ0) is 24.4. The summed E-state index contributed by atoms with van der Waals surface area (Å²) in [7, 11) is -2.70. The van der Waals surface area contributed by atoms with Gasteiger partial charge in [0.25, 0.3) is 0 Å². The highest BCUT2D eigenvalue weighted by Crippen LogP contribution is 2.28. The number of rotatable bonds is 3. The lowest BCUT2D eigenvalue weighted by molar-refractivity contribution is 1.69. The van der Waals surface area contributed by atoms with Crippen LogP contribution in [0.3, 0.4) is 0 Å². The van der Waals surface area contributed by atoms with Crippen molar-refractivity contribution in [3.63, 3.8) is 0 Å². The Morgan fingerprint density at radius 2 is 0.829 bits per heavy atom. The second kappa shape index (κ2) is 9.10. The molecule has 164 valence electrons. The van der Waals surface area contributed by atoms with Gasteiger partial charge in [0.1, 0.15) is 0 Å². The van der Waals surface area contributed by atoms with E-state index >= 15 is 0 Å². The predicted molar refractivity (Wildman–Crippen MR) is 152 cm³/mol. The van der Waals surface area contributed by atoms with Crippen molar-refractivity contribution in [1.29, 1.82) is 0 Å². The normalized spacial score (nSPS) is 11.6. The minimum atomic E-state index is -2.70. The van der Waals surface area contributed by atoms with E-state index in [4.69, 9.17) is 1.37 Å². The molecule has 0 aromatic heterocycles. The summed E-state index contributed by atoms with van der Waals surface area (Å²) in [5.41, 5.74) is 4.93. The van der Waals surface area contributed by atoms with E-state index in [1.54, 1.807) is 0 Å². The Morgan fingerprint density at radius 1 is 0.457 bits per heavy atom. The molecule has 0 nitrogen and oxygen atoms in total. The Kier molecular flexibility index (Phi) is 5.21. The zero-order valence-electron chi connectivity index (χ0n) is 20.3. The summed E-state index contributed by atoms with van der Waals surface area (Å²) in [5.74, 6) is 3.72. The summed E-state index contributed by atoms with van der Waals surface area (Å²) in [6.07, 6.45) is 0. The van der Waals surface area contributed by atoms with Crippen LogP contribution in [-0.4, -0.2) is 8.07 Å². The molecule has 0 fully saturated rings. The van der Waals surface area contributed by atoms with E-state index in [9.17, 15) is 0 Å².